The first-order valence-electron chi connectivity index (χ1n) is 24.4. The highest BCUT2D eigenvalue weighted by Crippen LogP contribution is 2.54. The van der Waals surface area contributed by atoms with Gasteiger partial charge in [-0.25, -0.2) is 0 Å². The Morgan fingerprint density at radius 2 is 0.718 bits per heavy atom. The van der Waals surface area contributed by atoms with Gasteiger partial charge in [0.05, 0.1) is 22.7 Å². The molecular formula is C67H46N2O2. The Bertz CT molecular complexity index is 4120. The van der Waals surface area contributed by atoms with E-state index >= 15 is 0 Å². The van der Waals surface area contributed by atoms with E-state index in [4.69, 9.17) is 8.83 Å². The molecule has 0 atom stereocenters. The van der Waals surface area contributed by atoms with Crippen molar-refractivity contribution in [1.82, 2.24) is 0 Å². The molecule has 0 unspecified atom stereocenters. The van der Waals surface area contributed by atoms with Crippen LogP contribution in [0.4, 0.5) is 34.1 Å². The zero-order chi connectivity index (χ0) is 47.3. The van der Waals surface area contributed by atoms with Crippen molar-refractivity contribution in [2.24, 2.45) is 0 Å². The van der Waals surface area contributed by atoms with E-state index in [9.17, 15) is 0 Å². The van der Waals surface area contributed by atoms with Crippen LogP contribution < -0.4 is 9.80 Å². The van der Waals surface area contributed by atoms with Crippen LogP contribution in [-0.2, 0) is 0 Å². The van der Waals surface area contributed by atoms with Gasteiger partial charge in [0.25, 0.3) is 0 Å². The van der Waals surface area contributed by atoms with E-state index in [1.807, 2.05) is 0 Å². The van der Waals surface area contributed by atoms with Gasteiger partial charge in [0, 0.05) is 49.1 Å². The van der Waals surface area contributed by atoms with Crippen molar-refractivity contribution in [2.45, 2.75) is 20.8 Å². The molecule has 0 radical (unpaired) electrons. The largest absolute Gasteiger partial charge is 0.454 e. The number of para-hydroxylation sites is 4. The molecule has 2 aromatic heterocycles. The summed E-state index contributed by atoms with van der Waals surface area (Å²) in [7, 11) is 0. The van der Waals surface area contributed by atoms with Gasteiger partial charge in [-0.2, -0.15) is 0 Å². The number of rotatable bonds is 8. The minimum atomic E-state index is 0.830. The lowest BCUT2D eigenvalue weighted by atomic mass is 9.90. The molecule has 0 aliphatic heterocycles. The number of benzene rings is 12. The first kappa shape index (κ1) is 40.9. The molecule has 14 aromatic rings. The Kier molecular flexibility index (Phi) is 9.21. The minimum Gasteiger partial charge on any atom is -0.454 e. The maximum absolute atomic E-state index is 7.00. The summed E-state index contributed by atoms with van der Waals surface area (Å²) >= 11 is 0. The molecule has 4 nitrogen and oxygen atoms in total. The molecule has 4 heteroatoms. The summed E-state index contributed by atoms with van der Waals surface area (Å²) in [6, 6.07) is 81.4. The highest BCUT2D eigenvalue weighted by atomic mass is 16.3. The van der Waals surface area contributed by atoms with Crippen molar-refractivity contribution in [3.8, 4) is 22.3 Å². The van der Waals surface area contributed by atoms with E-state index in [0.29, 0.717) is 0 Å². The second-order valence-corrected chi connectivity index (χ2v) is 19.0. The maximum Gasteiger partial charge on any atom is 0.159 e. The van der Waals surface area contributed by atoms with Gasteiger partial charge in [0.15, 0.2) is 11.2 Å². The smallest absolute Gasteiger partial charge is 0.159 e. The highest BCUT2D eigenvalue weighted by Gasteiger charge is 2.29. The Balaban J connectivity index is 1.16. The molecule has 0 spiro atoms. The van der Waals surface area contributed by atoms with Crippen molar-refractivity contribution < 1.29 is 8.83 Å². The molecule has 0 amide bonds. The van der Waals surface area contributed by atoms with Crippen LogP contribution in [0.2, 0.25) is 0 Å². The Morgan fingerprint density at radius 1 is 0.282 bits per heavy atom. The second kappa shape index (κ2) is 16.0. The van der Waals surface area contributed by atoms with Gasteiger partial charge >= 0.3 is 0 Å². The minimum absolute atomic E-state index is 0.830. The lowest BCUT2D eigenvalue weighted by Gasteiger charge is -2.33. The summed E-state index contributed by atoms with van der Waals surface area (Å²) < 4.78 is 14.0. The van der Waals surface area contributed by atoms with Crippen molar-refractivity contribution in [3.05, 3.63) is 241 Å². The van der Waals surface area contributed by atoms with Crippen LogP contribution in [0, 0.1) is 20.8 Å². The molecule has 0 N–H and O–H groups in total. The van der Waals surface area contributed by atoms with Gasteiger partial charge in [-0.1, -0.05) is 182 Å². The molecule has 0 fully saturated rings. The van der Waals surface area contributed by atoms with E-state index in [2.05, 4.69) is 255 Å². The topological polar surface area (TPSA) is 32.8 Å². The fourth-order valence-corrected chi connectivity index (χ4v) is 11.3. The molecule has 0 saturated heterocycles. The summed E-state index contributed by atoms with van der Waals surface area (Å²) in [6.07, 6.45) is 0. The first-order chi connectivity index (χ1) is 34.9. The molecule has 0 bridgehead atoms. The molecule has 2 heterocycles. The average molecular weight is 911 g/mol. The Morgan fingerprint density at radius 3 is 1.20 bits per heavy atom. The molecule has 0 saturated carbocycles. The van der Waals surface area contributed by atoms with E-state index in [-0.39, 0.29) is 0 Å². The van der Waals surface area contributed by atoms with Crippen LogP contribution in [0.25, 0.3) is 98.4 Å². The lowest BCUT2D eigenvalue weighted by molar-refractivity contribution is 0.669. The van der Waals surface area contributed by atoms with Crippen LogP contribution in [0.3, 0.4) is 0 Å². The molecule has 0 aliphatic rings. The number of hydrogen-bond donors (Lipinski definition) is 0. The van der Waals surface area contributed by atoms with Crippen LogP contribution >= 0.6 is 0 Å². The lowest BCUT2D eigenvalue weighted by Crippen LogP contribution is -2.16. The standard InChI is InChI=1S/C67H46N2O2/c1-41-36-48-32-34-54-60(68(58-38-46(30-28-42(58)2)44-16-6-4-7-17-44)56-24-14-22-52-50-20-10-12-26-62(50)70-66(52)56)40-61(55-35-33-49(37-41)64(48)65(54)55)69(59-39-47(31-29-43(59)3)45-18-8-5-9-19-45)57-25-15-23-53-51-21-11-13-27-63(51)71-67(53)57/h4-40H,1-3H3. The van der Waals surface area contributed by atoms with Crippen molar-refractivity contribution in [2.75, 3.05) is 9.80 Å². The summed E-state index contributed by atoms with van der Waals surface area (Å²) in [4.78, 5) is 4.95. The van der Waals surface area contributed by atoms with E-state index in [1.165, 1.54) is 27.1 Å². The fraction of sp³-hybridized carbons (Fsp3) is 0.0448. The zero-order valence-electron chi connectivity index (χ0n) is 39.6. The highest BCUT2D eigenvalue weighted by molar-refractivity contribution is 6.30. The van der Waals surface area contributed by atoms with Crippen molar-refractivity contribution in [3.63, 3.8) is 0 Å². The van der Waals surface area contributed by atoms with Gasteiger partial charge in [0.2, 0.25) is 0 Å². The summed E-state index contributed by atoms with van der Waals surface area (Å²) in [5.74, 6) is 0. The van der Waals surface area contributed by atoms with Gasteiger partial charge in [-0.05, 0) is 118 Å². The third-order valence-corrected chi connectivity index (χ3v) is 14.7. The number of nitrogens with zero attached hydrogens (tertiary/aromatic N) is 2. The summed E-state index contributed by atoms with van der Waals surface area (Å²) in [5, 5.41) is 11.4. The van der Waals surface area contributed by atoms with E-state index in [0.717, 1.165) is 122 Å². The predicted molar refractivity (Wildman–Crippen MR) is 299 cm³/mol. The number of anilines is 6. The third kappa shape index (κ3) is 6.45. The quantitative estimate of drug-likeness (QED) is 0.142. The van der Waals surface area contributed by atoms with Crippen LogP contribution in [-0.4, -0.2) is 0 Å². The number of aryl methyl sites for hydroxylation is 3. The number of hydrogen-bond acceptors (Lipinski definition) is 4. The molecular weight excluding hydrogens is 865 g/mol. The van der Waals surface area contributed by atoms with Gasteiger partial charge in [0.1, 0.15) is 11.2 Å². The monoisotopic (exact) mass is 910 g/mol. The molecule has 336 valence electrons. The van der Waals surface area contributed by atoms with E-state index < -0.39 is 0 Å². The van der Waals surface area contributed by atoms with Gasteiger partial charge in [-0.15, -0.1) is 0 Å². The Hall–Kier alpha value is -9.12. The van der Waals surface area contributed by atoms with Gasteiger partial charge < -0.3 is 18.6 Å². The van der Waals surface area contributed by atoms with Gasteiger partial charge in [-0.3, -0.25) is 0 Å². The third-order valence-electron chi connectivity index (χ3n) is 14.7. The first-order valence-corrected chi connectivity index (χ1v) is 24.4. The van der Waals surface area contributed by atoms with Crippen molar-refractivity contribution in [1.29, 1.82) is 0 Å². The SMILES string of the molecule is Cc1cc2ccc3c(N(c4cc(-c5ccccc5)ccc4C)c4cccc5c4oc4ccccc45)cc(N(c4cc(-c5ccccc5)ccc4C)c4cccc5c4oc4ccccc45)c4ccc(c1)c2c34. The van der Waals surface area contributed by atoms with Crippen LogP contribution in [0.1, 0.15) is 16.7 Å². The molecule has 0 aliphatic carbocycles. The second-order valence-electron chi connectivity index (χ2n) is 19.0. The molecule has 71 heavy (non-hydrogen) atoms. The maximum atomic E-state index is 7.00. The molecule has 12 aromatic carbocycles. The number of fused-ring (bicyclic) bond motifs is 6. The van der Waals surface area contributed by atoms with Crippen LogP contribution in [0.15, 0.2) is 233 Å². The summed E-state index contributed by atoms with van der Waals surface area (Å²) in [5.41, 5.74) is 17.5. The van der Waals surface area contributed by atoms with Crippen LogP contribution in [0.5, 0.6) is 0 Å². The number of furan rings is 2. The summed E-state index contributed by atoms with van der Waals surface area (Å²) in [6.45, 7) is 6.65. The van der Waals surface area contributed by atoms with Crippen molar-refractivity contribution >= 4 is 110 Å². The zero-order valence-corrected chi connectivity index (χ0v) is 39.6. The fourth-order valence-electron chi connectivity index (χ4n) is 11.3. The normalized spacial score (nSPS) is 11.9. The van der Waals surface area contributed by atoms with E-state index in [1.54, 1.807) is 0 Å². The Labute approximate surface area is 411 Å². The predicted octanol–water partition coefficient (Wildman–Crippen LogP) is 19.6. The average Bonchev–Trinajstić information content (AvgIpc) is 3.99. The molecule has 14 rings (SSSR count).